The van der Waals surface area contributed by atoms with E-state index < -0.39 is 11.6 Å². The molecule has 6 heteroatoms. The Hall–Kier alpha value is -2.37. The van der Waals surface area contributed by atoms with Gasteiger partial charge in [0.15, 0.2) is 0 Å². The fraction of sp³-hybridized carbons (Fsp3) is 0.571. The zero-order valence-electron chi connectivity index (χ0n) is 16.5. The Kier molecular flexibility index (Phi) is 5.53. The van der Waals surface area contributed by atoms with Crippen LogP contribution in [0.1, 0.15) is 50.7 Å². The Labute approximate surface area is 160 Å². The van der Waals surface area contributed by atoms with Gasteiger partial charge in [0.2, 0.25) is 5.91 Å². The largest absolute Gasteiger partial charge is 0.337 e. The molecule has 1 aliphatic carbocycles. The van der Waals surface area contributed by atoms with Crippen LogP contribution in [0.4, 0.5) is 4.79 Å². The molecule has 27 heavy (non-hydrogen) atoms. The van der Waals surface area contributed by atoms with E-state index in [4.69, 9.17) is 0 Å². The number of carbonyl (C=O) groups excluding carboxylic acids is 3. The van der Waals surface area contributed by atoms with Gasteiger partial charge in [-0.2, -0.15) is 0 Å². The zero-order chi connectivity index (χ0) is 19.6. The third-order valence-corrected chi connectivity index (χ3v) is 6.02. The van der Waals surface area contributed by atoms with Crippen LogP contribution in [0.2, 0.25) is 0 Å². The van der Waals surface area contributed by atoms with Gasteiger partial charge in [0.25, 0.3) is 5.91 Å². The molecule has 0 aromatic heterocycles. The molecule has 3 rings (SSSR count). The highest BCUT2D eigenvalue weighted by molar-refractivity contribution is 6.09. The summed E-state index contributed by atoms with van der Waals surface area (Å²) in [5.41, 5.74) is 1.40. The fourth-order valence-corrected chi connectivity index (χ4v) is 4.02. The van der Waals surface area contributed by atoms with E-state index in [1.54, 1.807) is 4.90 Å². The summed E-state index contributed by atoms with van der Waals surface area (Å²) in [4.78, 5) is 41.0. The van der Waals surface area contributed by atoms with Crippen LogP contribution in [0.15, 0.2) is 24.3 Å². The maximum absolute atomic E-state index is 12.9. The van der Waals surface area contributed by atoms with Gasteiger partial charge < -0.3 is 10.2 Å². The minimum Gasteiger partial charge on any atom is -0.337 e. The van der Waals surface area contributed by atoms with Crippen molar-refractivity contribution in [1.82, 2.24) is 15.1 Å². The van der Waals surface area contributed by atoms with E-state index in [0.29, 0.717) is 31.8 Å². The highest BCUT2D eigenvalue weighted by Gasteiger charge is 2.52. The minimum atomic E-state index is -0.795. The van der Waals surface area contributed by atoms with Gasteiger partial charge in [0.05, 0.1) is 0 Å². The number of imide groups is 1. The van der Waals surface area contributed by atoms with Crippen LogP contribution < -0.4 is 5.32 Å². The predicted molar refractivity (Wildman–Crippen MR) is 103 cm³/mol. The molecule has 0 bridgehead atoms. The molecule has 1 spiro atoms. The van der Waals surface area contributed by atoms with Crippen molar-refractivity contribution in [2.45, 2.75) is 58.5 Å². The molecule has 0 atom stereocenters. The number of carbonyl (C=O) groups is 3. The van der Waals surface area contributed by atoms with E-state index in [1.165, 1.54) is 0 Å². The standard InChI is InChI=1S/C21H29N3O3/c1-4-23(13-17-8-6-5-7-16(17)3)18(25)14-24-19(26)21(22-20(24)27)11-9-15(2)10-12-21/h5-8,15H,4,9-14H2,1-3H3,(H,22,27). The molecule has 1 saturated heterocycles. The van der Waals surface area contributed by atoms with Gasteiger partial charge in [-0.05, 0) is 56.6 Å². The second-order valence-corrected chi connectivity index (χ2v) is 7.92. The molecule has 146 valence electrons. The van der Waals surface area contributed by atoms with Crippen LogP contribution in [0.5, 0.6) is 0 Å². The summed E-state index contributed by atoms with van der Waals surface area (Å²) in [7, 11) is 0. The molecule has 6 nitrogen and oxygen atoms in total. The molecular weight excluding hydrogens is 342 g/mol. The maximum atomic E-state index is 12.9. The number of aryl methyl sites for hydroxylation is 1. The van der Waals surface area contributed by atoms with Crippen molar-refractivity contribution in [3.63, 3.8) is 0 Å². The van der Waals surface area contributed by atoms with Gasteiger partial charge in [0, 0.05) is 13.1 Å². The van der Waals surface area contributed by atoms with Crippen LogP contribution in [0.3, 0.4) is 0 Å². The lowest BCUT2D eigenvalue weighted by atomic mass is 9.77. The van der Waals surface area contributed by atoms with Crippen molar-refractivity contribution in [1.29, 1.82) is 0 Å². The number of amides is 4. The summed E-state index contributed by atoms with van der Waals surface area (Å²) in [6, 6.07) is 7.49. The average molecular weight is 371 g/mol. The first-order chi connectivity index (χ1) is 12.9. The van der Waals surface area contributed by atoms with E-state index in [1.807, 2.05) is 38.1 Å². The van der Waals surface area contributed by atoms with Crippen molar-refractivity contribution in [2.75, 3.05) is 13.1 Å². The molecule has 2 aliphatic rings. The molecule has 1 saturated carbocycles. The lowest BCUT2D eigenvalue weighted by Crippen LogP contribution is -2.50. The summed E-state index contributed by atoms with van der Waals surface area (Å²) in [6.45, 7) is 6.90. The highest BCUT2D eigenvalue weighted by Crippen LogP contribution is 2.36. The van der Waals surface area contributed by atoms with Crippen molar-refractivity contribution in [2.24, 2.45) is 5.92 Å². The molecule has 1 N–H and O–H groups in total. The number of likely N-dealkylation sites (N-methyl/N-ethyl adjacent to an activating group) is 1. The smallest absolute Gasteiger partial charge is 0.325 e. The zero-order valence-corrected chi connectivity index (χ0v) is 16.5. The topological polar surface area (TPSA) is 69.7 Å². The normalized spacial score (nSPS) is 25.0. The number of nitrogens with one attached hydrogen (secondary N) is 1. The van der Waals surface area contributed by atoms with Crippen LogP contribution in [0, 0.1) is 12.8 Å². The van der Waals surface area contributed by atoms with E-state index >= 15 is 0 Å². The molecular formula is C21H29N3O3. The lowest BCUT2D eigenvalue weighted by molar-refractivity contribution is -0.140. The molecule has 1 heterocycles. The molecule has 4 amide bonds. The Morgan fingerprint density at radius 2 is 1.93 bits per heavy atom. The monoisotopic (exact) mass is 371 g/mol. The van der Waals surface area contributed by atoms with Crippen LogP contribution in [-0.2, 0) is 16.1 Å². The van der Waals surface area contributed by atoms with Gasteiger partial charge in [-0.3, -0.25) is 14.5 Å². The fourth-order valence-electron chi connectivity index (χ4n) is 4.02. The molecule has 1 aromatic rings. The van der Waals surface area contributed by atoms with Crippen molar-refractivity contribution in [3.05, 3.63) is 35.4 Å². The Morgan fingerprint density at radius 3 is 2.56 bits per heavy atom. The number of benzene rings is 1. The predicted octanol–water partition coefficient (Wildman–Crippen LogP) is 2.84. The number of rotatable bonds is 5. The molecule has 2 fully saturated rings. The first kappa shape index (κ1) is 19.4. The Bertz CT molecular complexity index is 738. The molecule has 0 radical (unpaired) electrons. The molecule has 1 aromatic carbocycles. The van der Waals surface area contributed by atoms with Gasteiger partial charge in [-0.1, -0.05) is 31.2 Å². The van der Waals surface area contributed by atoms with Crippen LogP contribution in [0.25, 0.3) is 0 Å². The van der Waals surface area contributed by atoms with Crippen molar-refractivity contribution < 1.29 is 14.4 Å². The Morgan fingerprint density at radius 1 is 1.26 bits per heavy atom. The van der Waals surface area contributed by atoms with Gasteiger partial charge in [-0.25, -0.2) is 4.79 Å². The first-order valence-electron chi connectivity index (χ1n) is 9.82. The summed E-state index contributed by atoms with van der Waals surface area (Å²) < 4.78 is 0. The number of hydrogen-bond acceptors (Lipinski definition) is 3. The SMILES string of the molecule is CCN(Cc1ccccc1C)C(=O)CN1C(=O)NC2(CCC(C)CC2)C1=O. The number of hydrogen-bond donors (Lipinski definition) is 1. The third kappa shape index (κ3) is 3.84. The van der Waals surface area contributed by atoms with Gasteiger partial charge in [-0.15, -0.1) is 0 Å². The minimum absolute atomic E-state index is 0.193. The summed E-state index contributed by atoms with van der Waals surface area (Å²) in [5, 5.41) is 2.88. The van der Waals surface area contributed by atoms with Crippen LogP contribution >= 0.6 is 0 Å². The van der Waals surface area contributed by atoms with Crippen LogP contribution in [-0.4, -0.2) is 46.3 Å². The second kappa shape index (κ2) is 7.71. The quantitative estimate of drug-likeness (QED) is 0.809. The third-order valence-electron chi connectivity index (χ3n) is 6.02. The van der Waals surface area contributed by atoms with Crippen molar-refractivity contribution in [3.8, 4) is 0 Å². The molecule has 1 aliphatic heterocycles. The van der Waals surface area contributed by atoms with Gasteiger partial charge in [0.1, 0.15) is 12.1 Å². The lowest BCUT2D eigenvalue weighted by Gasteiger charge is -2.33. The van der Waals surface area contributed by atoms with E-state index in [2.05, 4.69) is 12.2 Å². The average Bonchev–Trinajstić information content (AvgIpc) is 2.88. The second-order valence-electron chi connectivity index (χ2n) is 7.92. The van der Waals surface area contributed by atoms with E-state index in [0.717, 1.165) is 28.9 Å². The highest BCUT2D eigenvalue weighted by atomic mass is 16.2. The maximum Gasteiger partial charge on any atom is 0.325 e. The molecule has 0 unspecified atom stereocenters. The van der Waals surface area contributed by atoms with E-state index in [-0.39, 0.29) is 18.4 Å². The Balaban J connectivity index is 1.68. The van der Waals surface area contributed by atoms with Gasteiger partial charge >= 0.3 is 6.03 Å². The summed E-state index contributed by atoms with van der Waals surface area (Å²) >= 11 is 0. The van der Waals surface area contributed by atoms with Crippen molar-refractivity contribution >= 4 is 17.8 Å². The first-order valence-corrected chi connectivity index (χ1v) is 9.82. The summed E-state index contributed by atoms with van der Waals surface area (Å²) in [6.07, 6.45) is 3.15. The number of urea groups is 1. The van der Waals surface area contributed by atoms with E-state index in [9.17, 15) is 14.4 Å². The number of nitrogens with zero attached hydrogens (tertiary/aromatic N) is 2. The summed E-state index contributed by atoms with van der Waals surface area (Å²) in [5.74, 6) is 0.130.